The lowest BCUT2D eigenvalue weighted by Crippen LogP contribution is -2.13. The number of hydrogen-bond donors (Lipinski definition) is 2. The maximum absolute atomic E-state index is 9.58. The van der Waals surface area contributed by atoms with E-state index in [1.807, 2.05) is 26.0 Å². The van der Waals surface area contributed by atoms with Crippen molar-refractivity contribution in [2.24, 2.45) is 0 Å². The van der Waals surface area contributed by atoms with E-state index in [4.69, 9.17) is 0 Å². The third-order valence-corrected chi connectivity index (χ3v) is 2.31. The minimum absolute atomic E-state index is 0.421. The second-order valence-electron chi connectivity index (χ2n) is 3.75. The number of phenolic OH excluding ortho intramolecular Hbond substituents is 1. The van der Waals surface area contributed by atoms with Crippen molar-refractivity contribution in [3.63, 3.8) is 0 Å². The van der Waals surface area contributed by atoms with E-state index in [0.717, 1.165) is 30.6 Å². The Morgan fingerprint density at radius 2 is 1.79 bits per heavy atom. The molecule has 0 bridgehead atoms. The Labute approximate surface area is 86.0 Å². The molecule has 0 amide bonds. The summed E-state index contributed by atoms with van der Waals surface area (Å²) in [6.45, 7) is 7.95. The standard InChI is InChI=1S/C12H19NO/c1-4-5-13-8-11-6-9(2)12(14)10(3)7-11/h6-7,13-14H,4-5,8H2,1-3H3. The lowest BCUT2D eigenvalue weighted by atomic mass is 10.1. The normalized spacial score (nSPS) is 10.5. The van der Waals surface area contributed by atoms with Crippen LogP contribution in [0.1, 0.15) is 30.0 Å². The summed E-state index contributed by atoms with van der Waals surface area (Å²) < 4.78 is 0. The lowest BCUT2D eigenvalue weighted by Gasteiger charge is -2.08. The molecule has 0 saturated heterocycles. The van der Waals surface area contributed by atoms with Crippen molar-refractivity contribution in [2.45, 2.75) is 33.7 Å². The fourth-order valence-electron chi connectivity index (χ4n) is 1.56. The van der Waals surface area contributed by atoms with Gasteiger partial charge in [-0.05, 0) is 43.5 Å². The highest BCUT2D eigenvalue weighted by Crippen LogP contribution is 2.22. The minimum atomic E-state index is 0.421. The van der Waals surface area contributed by atoms with E-state index >= 15 is 0 Å². The van der Waals surface area contributed by atoms with Crippen molar-refractivity contribution < 1.29 is 5.11 Å². The van der Waals surface area contributed by atoms with Gasteiger partial charge >= 0.3 is 0 Å². The summed E-state index contributed by atoms with van der Waals surface area (Å²) >= 11 is 0. The molecule has 2 N–H and O–H groups in total. The first-order valence-corrected chi connectivity index (χ1v) is 5.15. The summed E-state index contributed by atoms with van der Waals surface area (Å²) in [5, 5.41) is 12.9. The Morgan fingerprint density at radius 3 is 2.29 bits per heavy atom. The predicted molar refractivity (Wildman–Crippen MR) is 59.6 cm³/mol. The van der Waals surface area contributed by atoms with Crippen LogP contribution in [0.4, 0.5) is 0 Å². The van der Waals surface area contributed by atoms with Gasteiger partial charge in [-0.15, -0.1) is 0 Å². The Kier molecular flexibility index (Phi) is 3.96. The van der Waals surface area contributed by atoms with Gasteiger partial charge in [-0.3, -0.25) is 0 Å². The largest absolute Gasteiger partial charge is 0.507 e. The molecular formula is C12H19NO. The fourth-order valence-corrected chi connectivity index (χ4v) is 1.56. The highest BCUT2D eigenvalue weighted by Gasteiger charge is 2.02. The van der Waals surface area contributed by atoms with Crippen molar-refractivity contribution in [3.8, 4) is 5.75 Å². The van der Waals surface area contributed by atoms with Crippen molar-refractivity contribution >= 4 is 0 Å². The maximum atomic E-state index is 9.58. The number of aromatic hydroxyl groups is 1. The van der Waals surface area contributed by atoms with Crippen LogP contribution in [-0.2, 0) is 6.54 Å². The molecule has 0 aromatic heterocycles. The van der Waals surface area contributed by atoms with Crippen molar-refractivity contribution in [1.82, 2.24) is 5.32 Å². The molecule has 1 rings (SSSR count). The highest BCUT2D eigenvalue weighted by molar-refractivity contribution is 5.42. The SMILES string of the molecule is CCCNCc1cc(C)c(O)c(C)c1. The predicted octanol–water partition coefficient (Wildman–Crippen LogP) is 2.51. The summed E-state index contributed by atoms with van der Waals surface area (Å²) in [4.78, 5) is 0. The molecule has 14 heavy (non-hydrogen) atoms. The molecule has 0 aliphatic rings. The second kappa shape index (κ2) is 5.01. The molecule has 0 atom stereocenters. The molecule has 0 unspecified atom stereocenters. The molecule has 78 valence electrons. The first-order chi connectivity index (χ1) is 6.65. The third-order valence-electron chi connectivity index (χ3n) is 2.31. The van der Waals surface area contributed by atoms with Crippen LogP contribution < -0.4 is 5.32 Å². The van der Waals surface area contributed by atoms with E-state index in [2.05, 4.69) is 12.2 Å². The summed E-state index contributed by atoms with van der Waals surface area (Å²) in [6, 6.07) is 4.07. The lowest BCUT2D eigenvalue weighted by molar-refractivity contribution is 0.466. The average molecular weight is 193 g/mol. The highest BCUT2D eigenvalue weighted by atomic mass is 16.3. The molecule has 1 aromatic carbocycles. The summed E-state index contributed by atoms with van der Waals surface area (Å²) in [5.74, 6) is 0.421. The van der Waals surface area contributed by atoms with Gasteiger partial charge in [0.2, 0.25) is 0 Å². The van der Waals surface area contributed by atoms with E-state index in [9.17, 15) is 5.11 Å². The summed E-state index contributed by atoms with van der Waals surface area (Å²) in [6.07, 6.45) is 1.15. The van der Waals surface area contributed by atoms with Crippen LogP contribution in [0.5, 0.6) is 5.75 Å². The van der Waals surface area contributed by atoms with Gasteiger partial charge in [-0.25, -0.2) is 0 Å². The number of rotatable bonds is 4. The van der Waals surface area contributed by atoms with Gasteiger partial charge in [0.1, 0.15) is 5.75 Å². The van der Waals surface area contributed by atoms with Gasteiger partial charge in [0, 0.05) is 6.54 Å². The van der Waals surface area contributed by atoms with Crippen LogP contribution in [-0.4, -0.2) is 11.7 Å². The molecule has 0 radical (unpaired) electrons. The summed E-state index contributed by atoms with van der Waals surface area (Å²) in [5.41, 5.74) is 3.16. The summed E-state index contributed by atoms with van der Waals surface area (Å²) in [7, 11) is 0. The first kappa shape index (κ1) is 11.1. The maximum Gasteiger partial charge on any atom is 0.121 e. The van der Waals surface area contributed by atoms with E-state index in [1.165, 1.54) is 5.56 Å². The van der Waals surface area contributed by atoms with E-state index in [0.29, 0.717) is 5.75 Å². The molecular weight excluding hydrogens is 174 g/mol. The molecule has 2 heteroatoms. The third kappa shape index (κ3) is 2.74. The van der Waals surface area contributed by atoms with Gasteiger partial charge in [-0.2, -0.15) is 0 Å². The van der Waals surface area contributed by atoms with E-state index < -0.39 is 0 Å². The average Bonchev–Trinajstić information content (AvgIpc) is 2.14. The van der Waals surface area contributed by atoms with Crippen LogP contribution in [0.25, 0.3) is 0 Å². The Hall–Kier alpha value is -1.02. The topological polar surface area (TPSA) is 32.3 Å². The minimum Gasteiger partial charge on any atom is -0.507 e. The Morgan fingerprint density at radius 1 is 1.21 bits per heavy atom. The molecule has 0 aliphatic heterocycles. The quantitative estimate of drug-likeness (QED) is 0.720. The number of nitrogens with one attached hydrogen (secondary N) is 1. The van der Waals surface area contributed by atoms with E-state index in [-0.39, 0.29) is 0 Å². The van der Waals surface area contributed by atoms with Crippen LogP contribution in [0.2, 0.25) is 0 Å². The Balaban J connectivity index is 2.69. The zero-order valence-corrected chi connectivity index (χ0v) is 9.22. The smallest absolute Gasteiger partial charge is 0.121 e. The van der Waals surface area contributed by atoms with E-state index in [1.54, 1.807) is 0 Å². The zero-order chi connectivity index (χ0) is 10.6. The molecule has 0 spiro atoms. The number of hydrogen-bond acceptors (Lipinski definition) is 2. The number of benzene rings is 1. The van der Waals surface area contributed by atoms with Gasteiger partial charge in [-0.1, -0.05) is 19.1 Å². The Bertz CT molecular complexity index is 284. The fraction of sp³-hybridized carbons (Fsp3) is 0.500. The van der Waals surface area contributed by atoms with Crippen LogP contribution >= 0.6 is 0 Å². The number of aryl methyl sites for hydroxylation is 2. The van der Waals surface area contributed by atoms with Crippen LogP contribution in [0.3, 0.4) is 0 Å². The first-order valence-electron chi connectivity index (χ1n) is 5.15. The van der Waals surface area contributed by atoms with Gasteiger partial charge < -0.3 is 10.4 Å². The molecule has 2 nitrogen and oxygen atoms in total. The van der Waals surface area contributed by atoms with Gasteiger partial charge in [0.05, 0.1) is 0 Å². The molecule has 0 saturated carbocycles. The van der Waals surface area contributed by atoms with Gasteiger partial charge in [0.25, 0.3) is 0 Å². The van der Waals surface area contributed by atoms with Gasteiger partial charge in [0.15, 0.2) is 0 Å². The number of phenols is 1. The van der Waals surface area contributed by atoms with Crippen LogP contribution in [0.15, 0.2) is 12.1 Å². The van der Waals surface area contributed by atoms with Crippen LogP contribution in [0, 0.1) is 13.8 Å². The molecule has 1 aromatic rings. The zero-order valence-electron chi connectivity index (χ0n) is 9.22. The molecule has 0 aliphatic carbocycles. The van der Waals surface area contributed by atoms with Crippen molar-refractivity contribution in [2.75, 3.05) is 6.54 Å². The second-order valence-corrected chi connectivity index (χ2v) is 3.75. The monoisotopic (exact) mass is 193 g/mol. The van der Waals surface area contributed by atoms with Crippen molar-refractivity contribution in [1.29, 1.82) is 0 Å². The molecule has 0 fully saturated rings. The molecule has 0 heterocycles. The van der Waals surface area contributed by atoms with Crippen molar-refractivity contribution in [3.05, 3.63) is 28.8 Å².